The Balaban J connectivity index is 1.47. The Bertz CT molecular complexity index is 997. The summed E-state index contributed by atoms with van der Waals surface area (Å²) in [7, 11) is 1.70. The first-order valence-electron chi connectivity index (χ1n) is 9.75. The van der Waals surface area contributed by atoms with Gasteiger partial charge in [-0.25, -0.2) is 4.79 Å². The minimum atomic E-state index is -0.570. The van der Waals surface area contributed by atoms with E-state index in [9.17, 15) is 9.59 Å². The van der Waals surface area contributed by atoms with Crippen LogP contribution < -0.4 is 0 Å². The molecular formula is C24H25N3O3. The molecule has 3 aromatic rings. The molecule has 6 heteroatoms. The van der Waals surface area contributed by atoms with Crippen molar-refractivity contribution in [3.8, 4) is 0 Å². The zero-order valence-electron chi connectivity index (χ0n) is 17.1. The molecule has 1 atom stereocenters. The molecular weight excluding hydrogens is 378 g/mol. The molecule has 0 unspecified atom stereocenters. The Labute approximate surface area is 176 Å². The number of carbonyl (C=O) groups is 2. The fraction of sp³-hybridized carbons (Fsp3) is 0.208. The van der Waals surface area contributed by atoms with E-state index in [-0.39, 0.29) is 18.6 Å². The van der Waals surface area contributed by atoms with Crippen LogP contribution in [-0.2, 0) is 20.9 Å². The Morgan fingerprint density at radius 1 is 1.10 bits per heavy atom. The van der Waals surface area contributed by atoms with Gasteiger partial charge in [-0.05, 0) is 24.1 Å². The Morgan fingerprint density at radius 2 is 1.77 bits per heavy atom. The van der Waals surface area contributed by atoms with Crippen molar-refractivity contribution in [3.63, 3.8) is 0 Å². The van der Waals surface area contributed by atoms with E-state index in [1.165, 1.54) is 6.08 Å². The summed E-state index contributed by atoms with van der Waals surface area (Å²) in [6, 6.07) is 19.6. The van der Waals surface area contributed by atoms with Crippen LogP contribution in [0.4, 0.5) is 0 Å². The van der Waals surface area contributed by atoms with Crippen molar-refractivity contribution in [2.75, 3.05) is 13.7 Å². The van der Waals surface area contributed by atoms with Crippen LogP contribution >= 0.6 is 0 Å². The van der Waals surface area contributed by atoms with Crippen molar-refractivity contribution < 1.29 is 14.3 Å². The van der Waals surface area contributed by atoms with Gasteiger partial charge in [-0.15, -0.1) is 0 Å². The number of rotatable bonds is 8. The first-order valence-corrected chi connectivity index (χ1v) is 9.75. The molecule has 1 aromatic heterocycles. The van der Waals surface area contributed by atoms with Crippen LogP contribution in [0.25, 0.3) is 6.08 Å². The molecule has 0 fully saturated rings. The number of ether oxygens (including phenoxy) is 1. The number of hydrogen-bond acceptors (Lipinski definition) is 4. The van der Waals surface area contributed by atoms with Crippen molar-refractivity contribution >= 4 is 18.0 Å². The first-order chi connectivity index (χ1) is 14.5. The number of benzene rings is 2. The monoisotopic (exact) mass is 403 g/mol. The van der Waals surface area contributed by atoms with Crippen LogP contribution in [0, 0.1) is 0 Å². The standard InChI is InChI=1S/C24H25N3O3/c1-19(22-11-7-4-8-12-22)26(2)23(28)18-30-24(29)14-13-21-15-25-27(17-21)16-20-9-5-3-6-10-20/h3-15,17,19H,16,18H2,1-2H3/b14-13+/t19-/m0/s1. The summed E-state index contributed by atoms with van der Waals surface area (Å²) in [6.07, 6.45) is 6.44. The van der Waals surface area contributed by atoms with Gasteiger partial charge in [0.25, 0.3) is 5.91 Å². The number of carbonyl (C=O) groups excluding carboxylic acids is 2. The van der Waals surface area contributed by atoms with Crippen molar-refractivity contribution in [1.29, 1.82) is 0 Å². The Kier molecular flexibility index (Phi) is 7.16. The topological polar surface area (TPSA) is 64.4 Å². The lowest BCUT2D eigenvalue weighted by Gasteiger charge is -2.25. The summed E-state index contributed by atoms with van der Waals surface area (Å²) in [5.41, 5.74) is 2.94. The third-order valence-electron chi connectivity index (χ3n) is 4.85. The zero-order chi connectivity index (χ0) is 21.3. The van der Waals surface area contributed by atoms with E-state index < -0.39 is 5.97 Å². The molecule has 2 aromatic carbocycles. The summed E-state index contributed by atoms with van der Waals surface area (Å²) < 4.78 is 6.89. The fourth-order valence-electron chi connectivity index (χ4n) is 2.94. The van der Waals surface area contributed by atoms with Crippen molar-refractivity contribution in [3.05, 3.63) is 95.8 Å². The molecule has 154 valence electrons. The summed E-state index contributed by atoms with van der Waals surface area (Å²) in [5, 5.41) is 4.29. The van der Waals surface area contributed by atoms with Crippen LogP contribution in [0.15, 0.2) is 79.1 Å². The molecule has 0 aliphatic carbocycles. The summed E-state index contributed by atoms with van der Waals surface area (Å²) in [6.45, 7) is 2.28. The smallest absolute Gasteiger partial charge is 0.331 e. The summed E-state index contributed by atoms with van der Waals surface area (Å²) >= 11 is 0. The largest absolute Gasteiger partial charge is 0.452 e. The van der Waals surface area contributed by atoms with E-state index in [4.69, 9.17) is 4.74 Å². The van der Waals surface area contributed by atoms with Gasteiger partial charge in [0.05, 0.1) is 18.8 Å². The lowest BCUT2D eigenvalue weighted by molar-refractivity contribution is -0.148. The number of likely N-dealkylation sites (N-methyl/N-ethyl adjacent to an activating group) is 1. The molecule has 0 saturated heterocycles. The van der Waals surface area contributed by atoms with Crippen LogP contribution in [-0.4, -0.2) is 40.2 Å². The van der Waals surface area contributed by atoms with E-state index in [1.54, 1.807) is 28.9 Å². The van der Waals surface area contributed by atoms with E-state index in [0.717, 1.165) is 16.7 Å². The van der Waals surface area contributed by atoms with E-state index in [1.807, 2.05) is 73.8 Å². The minimum Gasteiger partial charge on any atom is -0.452 e. The van der Waals surface area contributed by atoms with Crippen molar-refractivity contribution in [2.45, 2.75) is 19.5 Å². The quantitative estimate of drug-likeness (QED) is 0.425. The lowest BCUT2D eigenvalue weighted by Crippen LogP contribution is -2.33. The maximum absolute atomic E-state index is 12.3. The second-order valence-corrected chi connectivity index (χ2v) is 6.99. The maximum atomic E-state index is 12.3. The third kappa shape index (κ3) is 5.91. The molecule has 3 rings (SSSR count). The molecule has 0 aliphatic heterocycles. The molecule has 1 amide bonds. The highest BCUT2D eigenvalue weighted by molar-refractivity contribution is 5.89. The predicted octanol–water partition coefficient (Wildman–Crippen LogP) is 3.71. The van der Waals surface area contributed by atoms with Crippen LogP contribution in [0.2, 0.25) is 0 Å². The molecule has 30 heavy (non-hydrogen) atoms. The molecule has 0 aliphatic rings. The minimum absolute atomic E-state index is 0.108. The lowest BCUT2D eigenvalue weighted by atomic mass is 10.1. The normalized spacial score (nSPS) is 11.9. The van der Waals surface area contributed by atoms with Gasteiger partial charge in [0.2, 0.25) is 0 Å². The van der Waals surface area contributed by atoms with Gasteiger partial charge in [0, 0.05) is 24.9 Å². The zero-order valence-corrected chi connectivity index (χ0v) is 17.1. The van der Waals surface area contributed by atoms with Gasteiger partial charge >= 0.3 is 5.97 Å². The van der Waals surface area contributed by atoms with E-state index >= 15 is 0 Å². The summed E-state index contributed by atoms with van der Waals surface area (Å²) in [4.78, 5) is 25.9. The van der Waals surface area contributed by atoms with E-state index in [0.29, 0.717) is 6.54 Å². The molecule has 0 radical (unpaired) electrons. The summed E-state index contributed by atoms with van der Waals surface area (Å²) in [5.74, 6) is -0.830. The molecule has 0 N–H and O–H groups in total. The van der Waals surface area contributed by atoms with E-state index in [2.05, 4.69) is 5.10 Å². The number of esters is 1. The average molecular weight is 403 g/mol. The van der Waals surface area contributed by atoms with Gasteiger partial charge in [-0.3, -0.25) is 9.48 Å². The highest BCUT2D eigenvalue weighted by Crippen LogP contribution is 2.18. The number of amides is 1. The third-order valence-corrected chi connectivity index (χ3v) is 4.85. The highest BCUT2D eigenvalue weighted by Gasteiger charge is 2.18. The van der Waals surface area contributed by atoms with Crippen LogP contribution in [0.5, 0.6) is 0 Å². The van der Waals surface area contributed by atoms with Crippen molar-refractivity contribution in [2.24, 2.45) is 0 Å². The fourth-order valence-corrected chi connectivity index (χ4v) is 2.94. The second-order valence-electron chi connectivity index (χ2n) is 6.99. The van der Waals surface area contributed by atoms with Gasteiger partial charge in [0.15, 0.2) is 6.61 Å². The van der Waals surface area contributed by atoms with Gasteiger partial charge in [0.1, 0.15) is 0 Å². The highest BCUT2D eigenvalue weighted by atomic mass is 16.5. The molecule has 1 heterocycles. The van der Waals surface area contributed by atoms with Gasteiger partial charge in [-0.1, -0.05) is 60.7 Å². The maximum Gasteiger partial charge on any atom is 0.331 e. The predicted molar refractivity (Wildman–Crippen MR) is 115 cm³/mol. The number of aromatic nitrogens is 2. The molecule has 0 spiro atoms. The second kappa shape index (κ2) is 10.2. The number of nitrogens with zero attached hydrogens (tertiary/aromatic N) is 3. The Morgan fingerprint density at radius 3 is 2.47 bits per heavy atom. The van der Waals surface area contributed by atoms with Crippen LogP contribution in [0.1, 0.15) is 29.7 Å². The van der Waals surface area contributed by atoms with Gasteiger partial charge < -0.3 is 9.64 Å². The van der Waals surface area contributed by atoms with Crippen LogP contribution in [0.3, 0.4) is 0 Å². The SMILES string of the molecule is C[C@@H](c1ccccc1)N(C)C(=O)COC(=O)/C=C/c1cnn(Cc2ccccc2)c1. The molecule has 0 bridgehead atoms. The molecule has 6 nitrogen and oxygen atoms in total. The number of hydrogen-bond donors (Lipinski definition) is 0. The first kappa shape index (κ1) is 21.0. The average Bonchev–Trinajstić information content (AvgIpc) is 3.23. The molecule has 0 saturated carbocycles. The van der Waals surface area contributed by atoms with Crippen molar-refractivity contribution in [1.82, 2.24) is 14.7 Å². The van der Waals surface area contributed by atoms with Gasteiger partial charge in [-0.2, -0.15) is 5.10 Å². The Hall–Kier alpha value is -3.67.